The van der Waals surface area contributed by atoms with E-state index in [4.69, 9.17) is 4.74 Å². The SMILES string of the molecule is Cc1ccc(NC2CCC(CNC(=O)OC(C)(C)C)CC2)cc1C. The van der Waals surface area contributed by atoms with E-state index in [0.717, 1.165) is 25.7 Å². The zero-order chi connectivity index (χ0) is 17.7. The molecule has 0 radical (unpaired) electrons. The van der Waals surface area contributed by atoms with Gasteiger partial charge in [-0.1, -0.05) is 6.07 Å². The highest BCUT2D eigenvalue weighted by molar-refractivity contribution is 5.67. The number of nitrogens with one attached hydrogen (secondary N) is 2. The Labute approximate surface area is 146 Å². The second-order valence-electron chi connectivity index (χ2n) is 8.04. The number of carbonyl (C=O) groups excluding carboxylic acids is 1. The molecule has 0 bridgehead atoms. The first-order chi connectivity index (χ1) is 11.2. The highest BCUT2D eigenvalue weighted by Gasteiger charge is 2.22. The summed E-state index contributed by atoms with van der Waals surface area (Å²) < 4.78 is 5.29. The lowest BCUT2D eigenvalue weighted by Crippen LogP contribution is -2.37. The van der Waals surface area contributed by atoms with Crippen LogP contribution in [0.1, 0.15) is 57.6 Å². The maximum atomic E-state index is 11.7. The van der Waals surface area contributed by atoms with Crippen molar-refractivity contribution in [2.45, 2.75) is 71.9 Å². The van der Waals surface area contributed by atoms with E-state index in [1.165, 1.54) is 16.8 Å². The molecule has 4 nitrogen and oxygen atoms in total. The average molecular weight is 332 g/mol. The van der Waals surface area contributed by atoms with E-state index in [0.29, 0.717) is 18.5 Å². The summed E-state index contributed by atoms with van der Waals surface area (Å²) in [6.07, 6.45) is 4.26. The molecule has 0 aliphatic heterocycles. The normalized spacial score (nSPS) is 21.2. The average Bonchev–Trinajstić information content (AvgIpc) is 2.49. The van der Waals surface area contributed by atoms with Crippen LogP contribution in [-0.2, 0) is 4.74 Å². The van der Waals surface area contributed by atoms with Crippen LogP contribution in [0.5, 0.6) is 0 Å². The maximum absolute atomic E-state index is 11.7. The summed E-state index contributed by atoms with van der Waals surface area (Å²) in [4.78, 5) is 11.7. The number of amides is 1. The van der Waals surface area contributed by atoms with Crippen LogP contribution >= 0.6 is 0 Å². The van der Waals surface area contributed by atoms with Crippen molar-refractivity contribution < 1.29 is 9.53 Å². The van der Waals surface area contributed by atoms with Crippen molar-refractivity contribution in [1.82, 2.24) is 5.32 Å². The van der Waals surface area contributed by atoms with E-state index in [1.54, 1.807) is 0 Å². The smallest absolute Gasteiger partial charge is 0.407 e. The van der Waals surface area contributed by atoms with Crippen molar-refractivity contribution in [3.8, 4) is 0 Å². The summed E-state index contributed by atoms with van der Waals surface area (Å²) in [6.45, 7) is 10.7. The second-order valence-corrected chi connectivity index (χ2v) is 8.04. The first kappa shape index (κ1) is 18.6. The van der Waals surface area contributed by atoms with Gasteiger partial charge in [0, 0.05) is 18.3 Å². The van der Waals surface area contributed by atoms with Gasteiger partial charge >= 0.3 is 6.09 Å². The minimum absolute atomic E-state index is 0.308. The molecule has 0 saturated heterocycles. The van der Waals surface area contributed by atoms with Crippen LogP contribution in [0, 0.1) is 19.8 Å². The van der Waals surface area contributed by atoms with E-state index < -0.39 is 5.60 Å². The third-order valence-electron chi connectivity index (χ3n) is 4.66. The van der Waals surface area contributed by atoms with Gasteiger partial charge in [0.2, 0.25) is 0 Å². The van der Waals surface area contributed by atoms with Crippen molar-refractivity contribution >= 4 is 11.8 Å². The zero-order valence-electron chi connectivity index (χ0n) is 15.7. The van der Waals surface area contributed by atoms with Crippen molar-refractivity contribution in [3.05, 3.63) is 29.3 Å². The molecule has 1 saturated carbocycles. The summed E-state index contributed by atoms with van der Waals surface area (Å²) in [5.41, 5.74) is 3.44. The van der Waals surface area contributed by atoms with E-state index in [1.807, 2.05) is 20.8 Å². The Hall–Kier alpha value is -1.71. The molecule has 4 heteroatoms. The summed E-state index contributed by atoms with van der Waals surface area (Å²) in [7, 11) is 0. The summed E-state index contributed by atoms with van der Waals surface area (Å²) in [6, 6.07) is 7.10. The van der Waals surface area contributed by atoms with Crippen molar-refractivity contribution in [3.63, 3.8) is 0 Å². The number of alkyl carbamates (subject to hydrolysis) is 1. The molecule has 0 aromatic heterocycles. The molecule has 1 aromatic carbocycles. The molecule has 24 heavy (non-hydrogen) atoms. The fourth-order valence-electron chi connectivity index (χ4n) is 3.12. The fourth-order valence-corrected chi connectivity index (χ4v) is 3.12. The van der Waals surface area contributed by atoms with Gasteiger partial charge in [-0.25, -0.2) is 4.79 Å². The largest absolute Gasteiger partial charge is 0.444 e. The lowest BCUT2D eigenvalue weighted by molar-refractivity contribution is 0.0515. The van der Waals surface area contributed by atoms with Gasteiger partial charge in [-0.15, -0.1) is 0 Å². The summed E-state index contributed by atoms with van der Waals surface area (Å²) in [5, 5.41) is 6.56. The van der Waals surface area contributed by atoms with Gasteiger partial charge in [-0.2, -0.15) is 0 Å². The Balaban J connectivity index is 1.71. The van der Waals surface area contributed by atoms with Crippen molar-refractivity contribution in [2.75, 3.05) is 11.9 Å². The molecule has 1 amide bonds. The van der Waals surface area contributed by atoms with Gasteiger partial charge in [0.15, 0.2) is 0 Å². The van der Waals surface area contributed by atoms with E-state index in [2.05, 4.69) is 42.7 Å². The second kappa shape index (κ2) is 7.91. The third kappa shape index (κ3) is 6.06. The highest BCUT2D eigenvalue weighted by Crippen LogP contribution is 2.27. The van der Waals surface area contributed by atoms with Crippen LogP contribution < -0.4 is 10.6 Å². The van der Waals surface area contributed by atoms with Crippen molar-refractivity contribution in [2.24, 2.45) is 5.92 Å². The maximum Gasteiger partial charge on any atom is 0.407 e. The third-order valence-corrected chi connectivity index (χ3v) is 4.66. The Morgan fingerprint density at radius 3 is 2.38 bits per heavy atom. The van der Waals surface area contributed by atoms with Crippen LogP contribution in [0.25, 0.3) is 0 Å². The molecule has 1 fully saturated rings. The Morgan fingerprint density at radius 2 is 1.79 bits per heavy atom. The quantitative estimate of drug-likeness (QED) is 0.833. The lowest BCUT2D eigenvalue weighted by Gasteiger charge is -2.30. The number of rotatable bonds is 4. The van der Waals surface area contributed by atoms with Gasteiger partial charge in [-0.05, 0) is 89.5 Å². The molecule has 0 atom stereocenters. The molecular formula is C20H32N2O2. The van der Waals surface area contributed by atoms with Gasteiger partial charge < -0.3 is 15.4 Å². The number of benzene rings is 1. The standard InChI is InChI=1S/C20H32N2O2/c1-14-6-9-18(12-15(14)2)22-17-10-7-16(8-11-17)13-21-19(23)24-20(3,4)5/h6,9,12,16-17,22H,7-8,10-11,13H2,1-5H3,(H,21,23). The molecule has 1 aliphatic carbocycles. The molecule has 1 aromatic rings. The van der Waals surface area contributed by atoms with Gasteiger partial charge in [0.1, 0.15) is 5.60 Å². The monoisotopic (exact) mass is 332 g/mol. The van der Waals surface area contributed by atoms with Gasteiger partial charge in [0.25, 0.3) is 0 Å². The highest BCUT2D eigenvalue weighted by atomic mass is 16.6. The van der Waals surface area contributed by atoms with E-state index in [9.17, 15) is 4.79 Å². The topological polar surface area (TPSA) is 50.4 Å². The number of ether oxygens (including phenoxy) is 1. The molecular weight excluding hydrogens is 300 g/mol. The molecule has 2 N–H and O–H groups in total. The van der Waals surface area contributed by atoms with Crippen LogP contribution in [-0.4, -0.2) is 24.3 Å². The number of hydrogen-bond donors (Lipinski definition) is 2. The van der Waals surface area contributed by atoms with Crippen molar-refractivity contribution in [1.29, 1.82) is 0 Å². The number of anilines is 1. The van der Waals surface area contributed by atoms with Crippen LogP contribution in [0.15, 0.2) is 18.2 Å². The molecule has 0 unspecified atom stereocenters. The first-order valence-electron chi connectivity index (χ1n) is 9.03. The fraction of sp³-hybridized carbons (Fsp3) is 0.650. The van der Waals surface area contributed by atoms with Gasteiger partial charge in [0.05, 0.1) is 0 Å². The first-order valence-corrected chi connectivity index (χ1v) is 9.03. The lowest BCUT2D eigenvalue weighted by atomic mass is 9.86. The van der Waals surface area contributed by atoms with Crippen LogP contribution in [0.3, 0.4) is 0 Å². The zero-order valence-corrected chi connectivity index (χ0v) is 15.7. The predicted molar refractivity (Wildman–Crippen MR) is 99.5 cm³/mol. The predicted octanol–water partition coefficient (Wildman–Crippen LogP) is 4.80. The van der Waals surface area contributed by atoms with Gasteiger partial charge in [-0.3, -0.25) is 0 Å². The summed E-state index contributed by atoms with van der Waals surface area (Å²) >= 11 is 0. The molecule has 2 rings (SSSR count). The summed E-state index contributed by atoms with van der Waals surface area (Å²) in [5.74, 6) is 0.551. The minimum atomic E-state index is -0.433. The number of carbonyl (C=O) groups is 1. The van der Waals surface area contributed by atoms with E-state index in [-0.39, 0.29) is 6.09 Å². The molecule has 1 aliphatic rings. The van der Waals surface area contributed by atoms with E-state index >= 15 is 0 Å². The molecule has 134 valence electrons. The number of hydrogen-bond acceptors (Lipinski definition) is 3. The Bertz CT molecular complexity index is 555. The molecule has 0 heterocycles. The van der Waals surface area contributed by atoms with Crippen LogP contribution in [0.2, 0.25) is 0 Å². The number of aryl methyl sites for hydroxylation is 2. The molecule has 0 spiro atoms. The minimum Gasteiger partial charge on any atom is -0.444 e. The Kier molecular flexibility index (Phi) is 6.14. The van der Waals surface area contributed by atoms with Crippen LogP contribution in [0.4, 0.5) is 10.5 Å². The Morgan fingerprint density at radius 1 is 1.12 bits per heavy atom.